The quantitative estimate of drug-likeness (QED) is 0.868. The van der Waals surface area contributed by atoms with Crippen LogP contribution in [0.2, 0.25) is 0 Å². The van der Waals surface area contributed by atoms with Gasteiger partial charge < -0.3 is 5.32 Å². The summed E-state index contributed by atoms with van der Waals surface area (Å²) in [5.41, 5.74) is 3.28. The van der Waals surface area contributed by atoms with Crippen LogP contribution in [-0.4, -0.2) is 16.5 Å². The number of nitrogens with one attached hydrogen (secondary N) is 1. The fourth-order valence-corrected chi connectivity index (χ4v) is 2.55. The van der Waals surface area contributed by atoms with Crippen LogP contribution in [-0.2, 0) is 6.42 Å². The fraction of sp³-hybridized carbons (Fsp3) is 0.375. The highest BCUT2D eigenvalue weighted by atomic mass is 79.9. The lowest BCUT2D eigenvalue weighted by molar-refractivity contribution is 0.936. The van der Waals surface area contributed by atoms with Crippen molar-refractivity contribution in [3.05, 3.63) is 40.0 Å². The van der Waals surface area contributed by atoms with Crippen LogP contribution in [0, 0.1) is 6.92 Å². The molecule has 3 nitrogen and oxygen atoms in total. The Kier molecular flexibility index (Phi) is 5.12. The molecule has 0 bridgehead atoms. The zero-order valence-electron chi connectivity index (χ0n) is 12.2. The van der Waals surface area contributed by atoms with E-state index in [0.717, 1.165) is 52.3 Å². The van der Waals surface area contributed by atoms with E-state index in [2.05, 4.69) is 42.0 Å². The van der Waals surface area contributed by atoms with Crippen molar-refractivity contribution < 1.29 is 0 Å². The predicted octanol–water partition coefficient (Wildman–Crippen LogP) is 4.60. The Bertz CT molecular complexity index is 596. The Morgan fingerprint density at radius 2 is 1.90 bits per heavy atom. The zero-order valence-corrected chi connectivity index (χ0v) is 13.8. The van der Waals surface area contributed by atoms with Crippen LogP contribution >= 0.6 is 15.9 Å². The van der Waals surface area contributed by atoms with Crippen molar-refractivity contribution in [2.45, 2.75) is 33.6 Å². The van der Waals surface area contributed by atoms with Gasteiger partial charge in [0.25, 0.3) is 0 Å². The third kappa shape index (κ3) is 3.18. The van der Waals surface area contributed by atoms with Crippen molar-refractivity contribution in [1.82, 2.24) is 9.97 Å². The van der Waals surface area contributed by atoms with Crippen LogP contribution in [0.25, 0.3) is 11.4 Å². The van der Waals surface area contributed by atoms with Crippen molar-refractivity contribution in [1.29, 1.82) is 0 Å². The molecular formula is C16H20BrN3. The van der Waals surface area contributed by atoms with Gasteiger partial charge >= 0.3 is 0 Å². The second-order valence-corrected chi connectivity index (χ2v) is 5.58. The van der Waals surface area contributed by atoms with Crippen molar-refractivity contribution in [3.8, 4) is 11.4 Å². The van der Waals surface area contributed by atoms with Gasteiger partial charge in [-0.15, -0.1) is 0 Å². The summed E-state index contributed by atoms with van der Waals surface area (Å²) in [6.07, 6.45) is 1.99. The van der Waals surface area contributed by atoms with E-state index in [1.54, 1.807) is 0 Å². The molecule has 0 amide bonds. The van der Waals surface area contributed by atoms with Crippen LogP contribution in [0.4, 0.5) is 5.82 Å². The first-order valence-electron chi connectivity index (χ1n) is 7.03. The van der Waals surface area contributed by atoms with Gasteiger partial charge in [0.15, 0.2) is 5.82 Å². The summed E-state index contributed by atoms with van der Waals surface area (Å²) in [4.78, 5) is 9.41. The minimum Gasteiger partial charge on any atom is -0.370 e. The standard InChI is InChI=1S/C16H20BrN3/c1-4-10-18-15-11(3)14(5-2)19-16(20-15)12-8-6-7-9-13(12)17/h6-9H,4-5,10H2,1-3H3,(H,18,19,20). The molecule has 106 valence electrons. The summed E-state index contributed by atoms with van der Waals surface area (Å²) in [5, 5.41) is 3.40. The Morgan fingerprint density at radius 1 is 1.15 bits per heavy atom. The number of hydrogen-bond acceptors (Lipinski definition) is 3. The molecule has 0 unspecified atom stereocenters. The van der Waals surface area contributed by atoms with Gasteiger partial charge in [-0.1, -0.05) is 48.0 Å². The molecule has 1 aromatic carbocycles. The van der Waals surface area contributed by atoms with Gasteiger partial charge in [-0.2, -0.15) is 0 Å². The molecule has 0 saturated carbocycles. The molecule has 0 aliphatic rings. The van der Waals surface area contributed by atoms with E-state index in [4.69, 9.17) is 9.97 Å². The lowest BCUT2D eigenvalue weighted by Crippen LogP contribution is -2.08. The SMILES string of the molecule is CCCNc1nc(-c2ccccc2Br)nc(CC)c1C. The van der Waals surface area contributed by atoms with Crippen molar-refractivity contribution in [2.75, 3.05) is 11.9 Å². The largest absolute Gasteiger partial charge is 0.370 e. The van der Waals surface area contributed by atoms with Gasteiger partial charge in [0.2, 0.25) is 0 Å². The van der Waals surface area contributed by atoms with Crippen LogP contribution in [0.5, 0.6) is 0 Å². The molecule has 0 spiro atoms. The molecular weight excluding hydrogens is 314 g/mol. The minimum atomic E-state index is 0.776. The van der Waals surface area contributed by atoms with E-state index < -0.39 is 0 Å². The van der Waals surface area contributed by atoms with E-state index in [1.807, 2.05) is 24.3 Å². The first kappa shape index (κ1) is 15.0. The summed E-state index contributed by atoms with van der Waals surface area (Å²) in [6, 6.07) is 8.06. The third-order valence-corrected chi connectivity index (χ3v) is 3.93. The molecule has 1 N–H and O–H groups in total. The number of anilines is 1. The van der Waals surface area contributed by atoms with Gasteiger partial charge in [-0.05, 0) is 25.8 Å². The number of aryl methyl sites for hydroxylation is 1. The molecule has 2 rings (SSSR count). The van der Waals surface area contributed by atoms with Gasteiger partial charge in [-0.3, -0.25) is 0 Å². The van der Waals surface area contributed by atoms with Crippen molar-refractivity contribution in [2.24, 2.45) is 0 Å². The molecule has 0 saturated heterocycles. The summed E-state index contributed by atoms with van der Waals surface area (Å²) in [6.45, 7) is 7.29. The molecule has 0 fully saturated rings. The summed E-state index contributed by atoms with van der Waals surface area (Å²) in [7, 11) is 0. The van der Waals surface area contributed by atoms with Crippen LogP contribution in [0.3, 0.4) is 0 Å². The second-order valence-electron chi connectivity index (χ2n) is 4.73. The first-order valence-corrected chi connectivity index (χ1v) is 7.83. The van der Waals surface area contributed by atoms with E-state index in [-0.39, 0.29) is 0 Å². The Balaban J connectivity index is 2.51. The number of nitrogens with zero attached hydrogens (tertiary/aromatic N) is 2. The van der Waals surface area contributed by atoms with Gasteiger partial charge in [-0.25, -0.2) is 9.97 Å². The number of halogens is 1. The number of benzene rings is 1. The van der Waals surface area contributed by atoms with Gasteiger partial charge in [0, 0.05) is 27.8 Å². The first-order chi connectivity index (χ1) is 9.67. The maximum absolute atomic E-state index is 4.71. The highest BCUT2D eigenvalue weighted by molar-refractivity contribution is 9.10. The molecule has 0 aliphatic heterocycles. The van der Waals surface area contributed by atoms with Gasteiger partial charge in [0.05, 0.1) is 0 Å². The maximum atomic E-state index is 4.71. The van der Waals surface area contributed by atoms with E-state index >= 15 is 0 Å². The third-order valence-electron chi connectivity index (χ3n) is 3.24. The average molecular weight is 334 g/mol. The fourth-order valence-electron chi connectivity index (χ4n) is 2.09. The van der Waals surface area contributed by atoms with Crippen molar-refractivity contribution >= 4 is 21.7 Å². The van der Waals surface area contributed by atoms with E-state index in [1.165, 1.54) is 0 Å². The lowest BCUT2D eigenvalue weighted by Gasteiger charge is -2.13. The Morgan fingerprint density at radius 3 is 2.55 bits per heavy atom. The highest BCUT2D eigenvalue weighted by Crippen LogP contribution is 2.28. The Labute approximate surface area is 129 Å². The molecule has 0 radical (unpaired) electrons. The lowest BCUT2D eigenvalue weighted by atomic mass is 10.1. The van der Waals surface area contributed by atoms with Gasteiger partial charge in [0.1, 0.15) is 5.82 Å². The highest BCUT2D eigenvalue weighted by Gasteiger charge is 2.12. The van der Waals surface area contributed by atoms with Crippen LogP contribution in [0.1, 0.15) is 31.5 Å². The van der Waals surface area contributed by atoms with E-state index in [0.29, 0.717) is 0 Å². The van der Waals surface area contributed by atoms with Crippen molar-refractivity contribution in [3.63, 3.8) is 0 Å². The average Bonchev–Trinajstić information content (AvgIpc) is 2.47. The monoisotopic (exact) mass is 333 g/mol. The molecule has 0 aliphatic carbocycles. The molecule has 1 heterocycles. The number of rotatable bonds is 5. The van der Waals surface area contributed by atoms with Crippen LogP contribution in [0.15, 0.2) is 28.7 Å². The zero-order chi connectivity index (χ0) is 14.5. The predicted molar refractivity (Wildman–Crippen MR) is 88.1 cm³/mol. The van der Waals surface area contributed by atoms with Crippen LogP contribution < -0.4 is 5.32 Å². The smallest absolute Gasteiger partial charge is 0.162 e. The Hall–Kier alpha value is -1.42. The number of aromatic nitrogens is 2. The normalized spacial score (nSPS) is 10.6. The minimum absolute atomic E-state index is 0.776. The second kappa shape index (κ2) is 6.84. The molecule has 1 aromatic heterocycles. The molecule has 0 atom stereocenters. The number of hydrogen-bond donors (Lipinski definition) is 1. The molecule has 20 heavy (non-hydrogen) atoms. The topological polar surface area (TPSA) is 37.8 Å². The molecule has 4 heteroatoms. The van der Waals surface area contributed by atoms with E-state index in [9.17, 15) is 0 Å². The molecule has 2 aromatic rings. The maximum Gasteiger partial charge on any atom is 0.162 e. The summed E-state index contributed by atoms with van der Waals surface area (Å²) < 4.78 is 1.02. The summed E-state index contributed by atoms with van der Waals surface area (Å²) in [5.74, 6) is 1.72. The summed E-state index contributed by atoms with van der Waals surface area (Å²) >= 11 is 3.57.